The number of rotatable bonds is 2. The molecule has 4 rings (SSSR count). The van der Waals surface area contributed by atoms with Crippen LogP contribution in [-0.4, -0.2) is 5.78 Å². The van der Waals surface area contributed by atoms with Crippen molar-refractivity contribution < 1.29 is 13.6 Å². The zero-order chi connectivity index (χ0) is 20.7. The summed E-state index contributed by atoms with van der Waals surface area (Å²) in [7, 11) is 0. The molecule has 0 radical (unpaired) electrons. The van der Waals surface area contributed by atoms with Crippen LogP contribution in [0.25, 0.3) is 21.9 Å². The molecular formula is C23H22O5. The number of ketones is 1. The molecule has 0 aliphatic heterocycles. The first kappa shape index (κ1) is 20.8. The van der Waals surface area contributed by atoms with Gasteiger partial charge in [-0.1, -0.05) is 64.1 Å². The van der Waals surface area contributed by atoms with E-state index in [1.165, 1.54) is 12.1 Å². The second-order valence-electron chi connectivity index (χ2n) is 5.30. The van der Waals surface area contributed by atoms with Gasteiger partial charge in [-0.3, -0.25) is 4.79 Å². The van der Waals surface area contributed by atoms with Crippen LogP contribution >= 0.6 is 0 Å². The number of carbonyl (C=O) groups is 1. The maximum absolute atomic E-state index is 12.7. The summed E-state index contributed by atoms with van der Waals surface area (Å²) in [5.74, 6) is -0.714. The highest BCUT2D eigenvalue weighted by atomic mass is 16.4. The smallest absolute Gasteiger partial charge is 0.347 e. The van der Waals surface area contributed by atoms with E-state index in [1.807, 2.05) is 27.7 Å². The van der Waals surface area contributed by atoms with Crippen molar-refractivity contribution in [3.8, 4) is 0 Å². The summed E-state index contributed by atoms with van der Waals surface area (Å²) >= 11 is 0. The van der Waals surface area contributed by atoms with Gasteiger partial charge in [0.2, 0.25) is 5.78 Å². The van der Waals surface area contributed by atoms with Gasteiger partial charge < -0.3 is 8.83 Å². The van der Waals surface area contributed by atoms with Gasteiger partial charge in [-0.15, -0.1) is 0 Å². The first-order chi connectivity index (χ1) is 13.6. The van der Waals surface area contributed by atoms with E-state index in [9.17, 15) is 14.4 Å². The lowest BCUT2D eigenvalue weighted by Crippen LogP contribution is -2.20. The zero-order valence-electron chi connectivity index (χ0n) is 16.3. The molecule has 5 nitrogen and oxygen atoms in total. The molecule has 0 spiro atoms. The minimum Gasteiger partial charge on any atom is -0.422 e. The Hall–Kier alpha value is -3.47. The van der Waals surface area contributed by atoms with Gasteiger partial charge in [0.25, 0.3) is 0 Å². The lowest BCUT2D eigenvalue weighted by molar-refractivity contribution is 0.103. The van der Waals surface area contributed by atoms with Crippen molar-refractivity contribution in [3.05, 3.63) is 92.6 Å². The molecule has 0 N–H and O–H groups in total. The van der Waals surface area contributed by atoms with Gasteiger partial charge in [0.1, 0.15) is 22.3 Å². The third-order valence-electron chi connectivity index (χ3n) is 3.77. The molecule has 0 unspecified atom stereocenters. The summed E-state index contributed by atoms with van der Waals surface area (Å²) < 4.78 is 10.3. The molecule has 0 atom stereocenters. The van der Waals surface area contributed by atoms with Crippen molar-refractivity contribution in [1.29, 1.82) is 0 Å². The SMILES string of the molecule is CC.CC.O=C(c1cc2ccccc2oc1=O)c1cc2ccccc2oc1=O. The lowest BCUT2D eigenvalue weighted by Gasteiger charge is -2.02. The minimum atomic E-state index is -0.786. The van der Waals surface area contributed by atoms with Crippen molar-refractivity contribution in [1.82, 2.24) is 0 Å². The van der Waals surface area contributed by atoms with Crippen LogP contribution in [0.4, 0.5) is 0 Å². The van der Waals surface area contributed by atoms with Crippen molar-refractivity contribution in [2.45, 2.75) is 27.7 Å². The van der Waals surface area contributed by atoms with Gasteiger partial charge in [-0.25, -0.2) is 9.59 Å². The molecule has 0 bridgehead atoms. The van der Waals surface area contributed by atoms with Crippen LogP contribution in [0, 0.1) is 0 Å². The third kappa shape index (κ3) is 4.09. The summed E-state index contributed by atoms with van der Waals surface area (Å²) in [6, 6.07) is 16.5. The van der Waals surface area contributed by atoms with Crippen LogP contribution in [-0.2, 0) is 0 Å². The van der Waals surface area contributed by atoms with E-state index in [-0.39, 0.29) is 11.1 Å². The van der Waals surface area contributed by atoms with Gasteiger partial charge >= 0.3 is 11.3 Å². The standard InChI is InChI=1S/C19H10O5.2C2H6/c20-17(13-9-11-5-1-3-7-15(11)23-18(13)21)14-10-12-6-2-4-8-16(12)24-19(14)22;2*1-2/h1-10H;2*1-2H3. The number of benzene rings is 2. The fraction of sp³-hybridized carbons (Fsp3) is 0.174. The lowest BCUT2D eigenvalue weighted by atomic mass is 10.0. The molecular weight excluding hydrogens is 356 g/mol. The molecule has 0 saturated heterocycles. The monoisotopic (exact) mass is 378 g/mol. The van der Waals surface area contributed by atoms with Crippen molar-refractivity contribution in [2.75, 3.05) is 0 Å². The first-order valence-corrected chi connectivity index (χ1v) is 9.24. The molecule has 4 aromatic rings. The van der Waals surface area contributed by atoms with Gasteiger partial charge in [-0.05, 0) is 24.3 Å². The molecule has 5 heteroatoms. The zero-order valence-corrected chi connectivity index (χ0v) is 16.3. The summed E-state index contributed by atoms with van der Waals surface area (Å²) in [5.41, 5.74) is -1.21. The molecule has 2 aromatic carbocycles. The van der Waals surface area contributed by atoms with Crippen molar-refractivity contribution >= 4 is 27.7 Å². The van der Waals surface area contributed by atoms with E-state index >= 15 is 0 Å². The summed E-state index contributed by atoms with van der Waals surface area (Å²) in [6.45, 7) is 8.00. The van der Waals surface area contributed by atoms with E-state index in [1.54, 1.807) is 48.5 Å². The topological polar surface area (TPSA) is 77.5 Å². The van der Waals surface area contributed by atoms with E-state index in [0.717, 1.165) is 0 Å². The maximum atomic E-state index is 12.7. The van der Waals surface area contributed by atoms with E-state index in [4.69, 9.17) is 8.83 Å². The molecule has 28 heavy (non-hydrogen) atoms. The molecule has 0 amide bonds. The Balaban J connectivity index is 0.000000660. The number of hydrogen-bond acceptors (Lipinski definition) is 5. The average molecular weight is 378 g/mol. The maximum Gasteiger partial charge on any atom is 0.347 e. The predicted octanol–water partition coefficient (Wildman–Crippen LogP) is 5.18. The predicted molar refractivity (Wildman–Crippen MR) is 111 cm³/mol. The molecule has 2 aromatic heterocycles. The van der Waals surface area contributed by atoms with Crippen molar-refractivity contribution in [2.24, 2.45) is 0 Å². The second kappa shape index (κ2) is 9.46. The summed E-state index contributed by atoms with van der Waals surface area (Å²) in [5, 5.41) is 1.20. The quantitative estimate of drug-likeness (QED) is 0.355. The highest BCUT2D eigenvalue weighted by molar-refractivity contribution is 6.10. The number of hydrogen-bond donors (Lipinski definition) is 0. The van der Waals surface area contributed by atoms with Crippen LogP contribution in [0.3, 0.4) is 0 Å². The average Bonchev–Trinajstić information content (AvgIpc) is 2.75. The van der Waals surface area contributed by atoms with Crippen LogP contribution in [0.5, 0.6) is 0 Å². The summed E-state index contributed by atoms with van der Waals surface area (Å²) in [6.07, 6.45) is 0. The molecule has 0 aliphatic rings. The highest BCUT2D eigenvalue weighted by Crippen LogP contribution is 2.17. The van der Waals surface area contributed by atoms with Crippen molar-refractivity contribution in [3.63, 3.8) is 0 Å². The number of para-hydroxylation sites is 2. The summed E-state index contributed by atoms with van der Waals surface area (Å²) in [4.78, 5) is 36.9. The number of fused-ring (bicyclic) bond motifs is 2. The Morgan fingerprint density at radius 1 is 0.643 bits per heavy atom. The second-order valence-corrected chi connectivity index (χ2v) is 5.30. The van der Waals surface area contributed by atoms with E-state index in [0.29, 0.717) is 21.9 Å². The number of carbonyl (C=O) groups excluding carboxylic acids is 1. The fourth-order valence-electron chi connectivity index (χ4n) is 2.59. The van der Waals surface area contributed by atoms with Gasteiger partial charge in [0.05, 0.1) is 0 Å². The van der Waals surface area contributed by atoms with Crippen LogP contribution in [0.15, 0.2) is 79.1 Å². The molecule has 0 fully saturated rings. The molecule has 0 aliphatic carbocycles. The molecule has 2 heterocycles. The largest absolute Gasteiger partial charge is 0.422 e. The van der Waals surface area contributed by atoms with Crippen LogP contribution in [0.2, 0.25) is 0 Å². The van der Waals surface area contributed by atoms with Gasteiger partial charge in [0, 0.05) is 10.8 Å². The Kier molecular flexibility index (Phi) is 7.04. The van der Waals surface area contributed by atoms with Crippen LogP contribution in [0.1, 0.15) is 43.6 Å². The Morgan fingerprint density at radius 3 is 1.39 bits per heavy atom. The minimum absolute atomic E-state index is 0.198. The third-order valence-corrected chi connectivity index (χ3v) is 3.77. The Morgan fingerprint density at radius 2 is 1.00 bits per heavy atom. The van der Waals surface area contributed by atoms with E-state index in [2.05, 4.69) is 0 Å². The fourth-order valence-corrected chi connectivity index (χ4v) is 2.59. The van der Waals surface area contributed by atoms with Crippen LogP contribution < -0.4 is 11.3 Å². The normalized spacial score (nSPS) is 9.86. The first-order valence-electron chi connectivity index (χ1n) is 9.24. The Bertz CT molecular complexity index is 1120. The van der Waals surface area contributed by atoms with Gasteiger partial charge in [-0.2, -0.15) is 0 Å². The van der Waals surface area contributed by atoms with Gasteiger partial charge in [0.15, 0.2) is 0 Å². The molecule has 0 saturated carbocycles. The highest BCUT2D eigenvalue weighted by Gasteiger charge is 2.20. The van der Waals surface area contributed by atoms with E-state index < -0.39 is 17.0 Å². The Labute approximate surface area is 162 Å². The molecule has 144 valence electrons.